The van der Waals surface area contributed by atoms with Crippen LogP contribution in [0.15, 0.2) is 0 Å². The lowest BCUT2D eigenvalue weighted by Gasteiger charge is -2.30. The van der Waals surface area contributed by atoms with Gasteiger partial charge in [-0.05, 0) is 37.5 Å². The first-order chi connectivity index (χ1) is 8.62. The zero-order chi connectivity index (χ0) is 13.0. The van der Waals surface area contributed by atoms with Gasteiger partial charge in [0.2, 0.25) is 0 Å². The second kappa shape index (κ2) is 6.32. The van der Waals surface area contributed by atoms with E-state index in [0.29, 0.717) is 19.6 Å². The smallest absolute Gasteiger partial charge is 0.279 e. The van der Waals surface area contributed by atoms with Crippen LogP contribution in [-0.2, 0) is 10.2 Å². The number of hydrogen-bond donors (Lipinski definition) is 2. The molecular formula is C12H24N2O3S. The minimum atomic E-state index is -3.33. The van der Waals surface area contributed by atoms with Gasteiger partial charge in [-0.1, -0.05) is 12.8 Å². The zero-order valence-corrected chi connectivity index (χ0v) is 11.7. The fourth-order valence-corrected chi connectivity index (χ4v) is 3.85. The predicted octanol–water partition coefficient (Wildman–Crippen LogP) is 0.715. The molecule has 2 N–H and O–H groups in total. The molecule has 0 aromatic heterocycles. The van der Waals surface area contributed by atoms with Crippen LogP contribution in [0.1, 0.15) is 38.5 Å². The van der Waals surface area contributed by atoms with E-state index in [-0.39, 0.29) is 12.5 Å². The Morgan fingerprint density at radius 2 is 2.00 bits per heavy atom. The molecule has 0 radical (unpaired) electrons. The Bertz CT molecular complexity index is 354. The first kappa shape index (κ1) is 14.2. The molecule has 2 fully saturated rings. The van der Waals surface area contributed by atoms with E-state index in [4.69, 9.17) is 5.11 Å². The maximum absolute atomic E-state index is 12.0. The highest BCUT2D eigenvalue weighted by Crippen LogP contribution is 2.33. The molecular weight excluding hydrogens is 252 g/mol. The summed E-state index contributed by atoms with van der Waals surface area (Å²) in [4.78, 5) is 0. The molecule has 1 saturated heterocycles. The SMILES string of the molecule is O=S(=O)(NCCCC1CC1)N1CCCC(CO)C1. The van der Waals surface area contributed by atoms with Crippen molar-refractivity contribution < 1.29 is 13.5 Å². The summed E-state index contributed by atoms with van der Waals surface area (Å²) in [5.74, 6) is 0.949. The fraction of sp³-hybridized carbons (Fsp3) is 1.00. The van der Waals surface area contributed by atoms with Gasteiger partial charge >= 0.3 is 0 Å². The standard InChI is InChI=1S/C12H24N2O3S/c15-10-12-4-2-8-14(9-12)18(16,17)13-7-1-3-11-5-6-11/h11-13,15H,1-10H2. The van der Waals surface area contributed by atoms with E-state index in [0.717, 1.165) is 31.6 Å². The molecule has 1 aliphatic carbocycles. The van der Waals surface area contributed by atoms with E-state index >= 15 is 0 Å². The van der Waals surface area contributed by atoms with Crippen molar-refractivity contribution in [1.29, 1.82) is 0 Å². The number of aliphatic hydroxyl groups excluding tert-OH is 1. The molecule has 0 bridgehead atoms. The molecule has 6 heteroatoms. The maximum atomic E-state index is 12.0. The molecule has 5 nitrogen and oxygen atoms in total. The highest BCUT2D eigenvalue weighted by molar-refractivity contribution is 7.87. The number of hydrogen-bond acceptors (Lipinski definition) is 3. The van der Waals surface area contributed by atoms with E-state index in [1.165, 1.54) is 17.1 Å². The topological polar surface area (TPSA) is 69.6 Å². The summed E-state index contributed by atoms with van der Waals surface area (Å²) in [5.41, 5.74) is 0. The van der Waals surface area contributed by atoms with Gasteiger partial charge in [-0.25, -0.2) is 4.72 Å². The summed E-state index contributed by atoms with van der Waals surface area (Å²) in [5, 5.41) is 9.11. The van der Waals surface area contributed by atoms with Crippen LogP contribution in [0.25, 0.3) is 0 Å². The largest absolute Gasteiger partial charge is 0.396 e. The molecule has 1 atom stereocenters. The third-order valence-electron chi connectivity index (χ3n) is 3.85. The zero-order valence-electron chi connectivity index (χ0n) is 10.8. The van der Waals surface area contributed by atoms with E-state index in [9.17, 15) is 8.42 Å². The van der Waals surface area contributed by atoms with Crippen LogP contribution in [0.3, 0.4) is 0 Å². The van der Waals surface area contributed by atoms with Crippen LogP contribution in [0.5, 0.6) is 0 Å². The Hall–Kier alpha value is -0.170. The molecule has 18 heavy (non-hydrogen) atoms. The Kier molecular flexibility index (Phi) is 5.00. The van der Waals surface area contributed by atoms with Crippen LogP contribution in [-0.4, -0.2) is 44.1 Å². The highest BCUT2D eigenvalue weighted by atomic mass is 32.2. The lowest BCUT2D eigenvalue weighted by atomic mass is 10.0. The Labute approximate surface area is 110 Å². The van der Waals surface area contributed by atoms with Crippen molar-refractivity contribution in [2.45, 2.75) is 38.5 Å². The lowest BCUT2D eigenvalue weighted by molar-refractivity contribution is 0.165. The van der Waals surface area contributed by atoms with Crippen molar-refractivity contribution in [3.8, 4) is 0 Å². The average Bonchev–Trinajstić information content (AvgIpc) is 3.19. The number of nitrogens with one attached hydrogen (secondary N) is 1. The van der Waals surface area contributed by atoms with E-state index < -0.39 is 10.2 Å². The molecule has 0 aromatic rings. The second-order valence-corrected chi connectivity index (χ2v) is 7.29. The van der Waals surface area contributed by atoms with E-state index in [1.54, 1.807) is 0 Å². The number of piperidine rings is 1. The Balaban J connectivity index is 1.73. The Morgan fingerprint density at radius 3 is 2.67 bits per heavy atom. The van der Waals surface area contributed by atoms with Crippen molar-refractivity contribution in [3.05, 3.63) is 0 Å². The van der Waals surface area contributed by atoms with Crippen LogP contribution in [0, 0.1) is 11.8 Å². The lowest BCUT2D eigenvalue weighted by Crippen LogP contribution is -2.46. The van der Waals surface area contributed by atoms with Gasteiger partial charge in [0, 0.05) is 26.2 Å². The molecule has 106 valence electrons. The second-order valence-electron chi connectivity index (χ2n) is 5.53. The minimum absolute atomic E-state index is 0.0771. The van der Waals surface area contributed by atoms with Crippen molar-refractivity contribution in [3.63, 3.8) is 0 Å². The van der Waals surface area contributed by atoms with Gasteiger partial charge in [0.15, 0.2) is 0 Å². The molecule has 1 heterocycles. The molecule has 1 aliphatic heterocycles. The van der Waals surface area contributed by atoms with Crippen molar-refractivity contribution in [2.75, 3.05) is 26.2 Å². The third-order valence-corrected chi connectivity index (χ3v) is 5.43. The first-order valence-corrected chi connectivity index (χ1v) is 8.41. The maximum Gasteiger partial charge on any atom is 0.279 e. The van der Waals surface area contributed by atoms with Crippen molar-refractivity contribution in [2.24, 2.45) is 11.8 Å². The molecule has 2 rings (SSSR count). The molecule has 2 aliphatic rings. The Morgan fingerprint density at radius 1 is 1.22 bits per heavy atom. The first-order valence-electron chi connectivity index (χ1n) is 6.97. The molecule has 1 unspecified atom stereocenters. The fourth-order valence-electron chi connectivity index (χ4n) is 2.48. The van der Waals surface area contributed by atoms with Crippen molar-refractivity contribution in [1.82, 2.24) is 9.03 Å². The summed E-state index contributed by atoms with van der Waals surface area (Å²) >= 11 is 0. The molecule has 0 amide bonds. The molecule has 0 aromatic carbocycles. The van der Waals surface area contributed by atoms with Crippen LogP contribution in [0.4, 0.5) is 0 Å². The summed E-state index contributed by atoms with van der Waals surface area (Å²) in [6.45, 7) is 1.65. The average molecular weight is 276 g/mol. The van der Waals surface area contributed by atoms with Gasteiger partial charge in [-0.3, -0.25) is 0 Å². The summed E-state index contributed by atoms with van der Waals surface area (Å²) < 4.78 is 28.2. The van der Waals surface area contributed by atoms with Gasteiger partial charge < -0.3 is 5.11 Å². The summed E-state index contributed by atoms with van der Waals surface area (Å²) in [7, 11) is -3.33. The number of rotatable bonds is 7. The van der Waals surface area contributed by atoms with Crippen LogP contribution < -0.4 is 4.72 Å². The predicted molar refractivity (Wildman–Crippen MR) is 70.3 cm³/mol. The van der Waals surface area contributed by atoms with Crippen molar-refractivity contribution >= 4 is 10.2 Å². The monoisotopic (exact) mass is 276 g/mol. The quantitative estimate of drug-likeness (QED) is 0.673. The molecule has 1 saturated carbocycles. The molecule has 0 spiro atoms. The van der Waals surface area contributed by atoms with Gasteiger partial charge in [0.1, 0.15) is 0 Å². The van der Waals surface area contributed by atoms with E-state index in [1.807, 2.05) is 0 Å². The highest BCUT2D eigenvalue weighted by Gasteiger charge is 2.28. The number of nitrogens with zero attached hydrogens (tertiary/aromatic N) is 1. The third kappa shape index (κ3) is 4.19. The summed E-state index contributed by atoms with van der Waals surface area (Å²) in [6, 6.07) is 0. The van der Waals surface area contributed by atoms with Gasteiger partial charge in [0.05, 0.1) is 0 Å². The minimum Gasteiger partial charge on any atom is -0.396 e. The van der Waals surface area contributed by atoms with Crippen LogP contribution >= 0.6 is 0 Å². The normalized spacial score (nSPS) is 26.4. The van der Waals surface area contributed by atoms with Crippen LogP contribution in [0.2, 0.25) is 0 Å². The van der Waals surface area contributed by atoms with E-state index in [2.05, 4.69) is 4.72 Å². The number of aliphatic hydroxyl groups is 1. The van der Waals surface area contributed by atoms with Gasteiger partial charge in [-0.2, -0.15) is 12.7 Å². The van der Waals surface area contributed by atoms with Gasteiger partial charge in [-0.15, -0.1) is 0 Å². The van der Waals surface area contributed by atoms with Gasteiger partial charge in [0.25, 0.3) is 10.2 Å². The summed E-state index contributed by atoms with van der Waals surface area (Å²) in [6.07, 6.45) is 6.47.